The zero-order valence-corrected chi connectivity index (χ0v) is 13.3. The number of rotatable bonds is 5. The molecule has 0 aromatic heterocycles. The van der Waals surface area contributed by atoms with Crippen molar-refractivity contribution in [1.82, 2.24) is 5.32 Å². The Morgan fingerprint density at radius 1 is 1.35 bits per heavy atom. The van der Waals surface area contributed by atoms with Crippen LogP contribution in [0.2, 0.25) is 0 Å². The number of aliphatic imine (C=N–C) groups is 1. The van der Waals surface area contributed by atoms with Gasteiger partial charge in [-0.1, -0.05) is 25.6 Å². The van der Waals surface area contributed by atoms with E-state index in [0.717, 1.165) is 28.0 Å². The number of hydrogen-bond acceptors (Lipinski definition) is 4. The van der Waals surface area contributed by atoms with E-state index in [0.29, 0.717) is 18.5 Å². The summed E-state index contributed by atoms with van der Waals surface area (Å²) in [5.41, 5.74) is 1.07. The maximum Gasteiger partial charge on any atom is 0.157 e. The molecule has 4 nitrogen and oxygen atoms in total. The van der Waals surface area contributed by atoms with Gasteiger partial charge < -0.3 is 14.8 Å². The fourth-order valence-electron chi connectivity index (χ4n) is 2.00. The van der Waals surface area contributed by atoms with Crippen LogP contribution in [-0.4, -0.2) is 31.2 Å². The van der Waals surface area contributed by atoms with Crippen LogP contribution in [0.4, 0.5) is 0 Å². The molecule has 1 unspecified atom stereocenters. The summed E-state index contributed by atoms with van der Waals surface area (Å²) in [6, 6.07) is 6.35. The van der Waals surface area contributed by atoms with Crippen LogP contribution in [0.15, 0.2) is 23.2 Å². The van der Waals surface area contributed by atoms with Crippen LogP contribution in [0, 0.1) is 5.92 Å². The molecule has 0 spiro atoms. The van der Waals surface area contributed by atoms with E-state index in [-0.39, 0.29) is 0 Å². The van der Waals surface area contributed by atoms with Crippen LogP contribution in [0.1, 0.15) is 19.4 Å². The Morgan fingerprint density at radius 3 is 2.75 bits per heavy atom. The van der Waals surface area contributed by atoms with Gasteiger partial charge in [-0.25, -0.2) is 0 Å². The first-order valence-corrected chi connectivity index (χ1v) is 7.77. The highest BCUT2D eigenvalue weighted by molar-refractivity contribution is 8.14. The van der Waals surface area contributed by atoms with Gasteiger partial charge in [0.2, 0.25) is 0 Å². The topological polar surface area (TPSA) is 42.8 Å². The smallest absolute Gasteiger partial charge is 0.157 e. The van der Waals surface area contributed by atoms with Crippen molar-refractivity contribution < 1.29 is 9.47 Å². The third-order valence-electron chi connectivity index (χ3n) is 3.40. The third kappa shape index (κ3) is 3.60. The quantitative estimate of drug-likeness (QED) is 0.907. The van der Waals surface area contributed by atoms with Gasteiger partial charge in [0, 0.05) is 23.4 Å². The average Bonchev–Trinajstić information content (AvgIpc) is 2.94. The molecule has 0 aliphatic carbocycles. The Bertz CT molecular complexity index is 489. The minimum atomic E-state index is 0.525. The van der Waals surface area contributed by atoms with Gasteiger partial charge in [0.05, 0.1) is 20.8 Å². The summed E-state index contributed by atoms with van der Waals surface area (Å²) < 4.78 is 10.6. The van der Waals surface area contributed by atoms with Crippen LogP contribution in [0.3, 0.4) is 0 Å². The van der Waals surface area contributed by atoms with Gasteiger partial charge in [-0.15, -0.1) is 0 Å². The number of hydrogen-bond donors (Lipinski definition) is 1. The highest BCUT2D eigenvalue weighted by Crippen LogP contribution is 2.26. The van der Waals surface area contributed by atoms with Crippen molar-refractivity contribution in [3.8, 4) is 11.5 Å². The Balaban J connectivity index is 2.04. The van der Waals surface area contributed by atoms with Crippen molar-refractivity contribution in [2.24, 2.45) is 10.9 Å². The first-order chi connectivity index (χ1) is 9.63. The van der Waals surface area contributed by atoms with Crippen LogP contribution < -0.4 is 14.8 Å². The van der Waals surface area contributed by atoms with E-state index in [2.05, 4.69) is 24.2 Å². The number of nitrogens with one attached hydrogen (secondary N) is 1. The summed E-state index contributed by atoms with van der Waals surface area (Å²) in [7, 11) is 3.32. The number of methoxy groups -OCH3 is 2. The molecule has 1 heterocycles. The lowest BCUT2D eigenvalue weighted by atomic mass is 10.1. The molecule has 0 amide bonds. The lowest BCUT2D eigenvalue weighted by Gasteiger charge is -2.13. The first-order valence-electron chi connectivity index (χ1n) is 6.78. The first kappa shape index (κ1) is 15.0. The standard InChI is InChI=1S/C15H22N2O2S/c1-10(2)13-9-20-15(17-13)16-8-11-5-6-12(18-3)7-14(11)19-4/h5-7,10,13H,8-9H2,1-4H3,(H,16,17). The predicted octanol–water partition coefficient (Wildman–Crippen LogP) is 2.92. The van der Waals surface area contributed by atoms with Gasteiger partial charge in [-0.05, 0) is 18.1 Å². The van der Waals surface area contributed by atoms with E-state index >= 15 is 0 Å². The Morgan fingerprint density at radius 2 is 2.15 bits per heavy atom. The summed E-state index contributed by atoms with van der Waals surface area (Å²) in [6.07, 6.45) is 0. The molecule has 1 aromatic carbocycles. The molecule has 0 radical (unpaired) electrons. The summed E-state index contributed by atoms with van der Waals surface area (Å²) >= 11 is 1.79. The number of amidine groups is 1. The second kappa shape index (κ2) is 6.88. The van der Waals surface area contributed by atoms with Crippen LogP contribution in [0.5, 0.6) is 11.5 Å². The highest BCUT2D eigenvalue weighted by Gasteiger charge is 2.22. The van der Waals surface area contributed by atoms with Crippen LogP contribution in [0.25, 0.3) is 0 Å². The van der Waals surface area contributed by atoms with Crippen molar-refractivity contribution in [2.75, 3.05) is 20.0 Å². The minimum absolute atomic E-state index is 0.525. The highest BCUT2D eigenvalue weighted by atomic mass is 32.2. The van der Waals surface area contributed by atoms with Crippen molar-refractivity contribution in [3.05, 3.63) is 23.8 Å². The number of ether oxygens (including phenoxy) is 2. The van der Waals surface area contributed by atoms with E-state index in [1.54, 1.807) is 26.0 Å². The summed E-state index contributed by atoms with van der Waals surface area (Å²) in [5.74, 6) is 3.34. The second-order valence-corrected chi connectivity index (χ2v) is 6.11. The zero-order chi connectivity index (χ0) is 14.5. The van der Waals surface area contributed by atoms with Gasteiger partial charge in [0.15, 0.2) is 5.17 Å². The van der Waals surface area contributed by atoms with E-state index in [1.807, 2.05) is 18.2 Å². The fourth-order valence-corrected chi connectivity index (χ4v) is 3.20. The molecule has 1 N–H and O–H groups in total. The Hall–Kier alpha value is -1.36. The SMILES string of the molecule is COc1ccc(CN=C2NC(C(C)C)CS2)c(OC)c1. The molecular weight excluding hydrogens is 272 g/mol. The molecule has 0 saturated carbocycles. The predicted molar refractivity (Wildman–Crippen MR) is 84.9 cm³/mol. The number of thioether (sulfide) groups is 1. The maximum absolute atomic E-state index is 5.39. The van der Waals surface area contributed by atoms with Crippen molar-refractivity contribution in [1.29, 1.82) is 0 Å². The van der Waals surface area contributed by atoms with E-state index in [1.165, 1.54) is 0 Å². The molecule has 1 atom stereocenters. The van der Waals surface area contributed by atoms with Gasteiger partial charge in [-0.2, -0.15) is 0 Å². The summed E-state index contributed by atoms with van der Waals surface area (Å²) in [4.78, 5) is 4.64. The van der Waals surface area contributed by atoms with Gasteiger partial charge in [0.1, 0.15) is 11.5 Å². The molecule has 20 heavy (non-hydrogen) atoms. The summed E-state index contributed by atoms with van der Waals surface area (Å²) in [5, 5.41) is 4.50. The van der Waals surface area contributed by atoms with E-state index in [9.17, 15) is 0 Å². The zero-order valence-electron chi connectivity index (χ0n) is 12.5. The third-order valence-corrected chi connectivity index (χ3v) is 4.45. The summed E-state index contributed by atoms with van der Waals surface area (Å²) in [6.45, 7) is 5.08. The lowest BCUT2D eigenvalue weighted by molar-refractivity contribution is 0.391. The average molecular weight is 294 g/mol. The molecule has 1 aliphatic rings. The van der Waals surface area contributed by atoms with Crippen molar-refractivity contribution >= 4 is 16.9 Å². The monoisotopic (exact) mass is 294 g/mol. The fraction of sp³-hybridized carbons (Fsp3) is 0.533. The Kier molecular flexibility index (Phi) is 5.17. The molecule has 1 saturated heterocycles. The molecule has 110 valence electrons. The molecule has 1 aromatic rings. The second-order valence-electron chi connectivity index (χ2n) is 5.11. The molecular formula is C15H22N2O2S. The van der Waals surface area contributed by atoms with Gasteiger partial charge in [0.25, 0.3) is 0 Å². The lowest BCUT2D eigenvalue weighted by Crippen LogP contribution is -2.31. The molecule has 1 fully saturated rings. The number of benzene rings is 1. The Labute approximate surface area is 125 Å². The van der Waals surface area contributed by atoms with E-state index in [4.69, 9.17) is 9.47 Å². The minimum Gasteiger partial charge on any atom is -0.497 e. The molecule has 1 aliphatic heterocycles. The van der Waals surface area contributed by atoms with Crippen LogP contribution >= 0.6 is 11.8 Å². The van der Waals surface area contributed by atoms with Crippen LogP contribution in [-0.2, 0) is 6.54 Å². The van der Waals surface area contributed by atoms with E-state index < -0.39 is 0 Å². The number of nitrogens with zero attached hydrogens (tertiary/aromatic N) is 1. The van der Waals surface area contributed by atoms with Gasteiger partial charge in [-0.3, -0.25) is 4.99 Å². The maximum atomic E-state index is 5.39. The molecule has 2 rings (SSSR count). The molecule has 0 bridgehead atoms. The largest absolute Gasteiger partial charge is 0.497 e. The normalized spacial score (nSPS) is 20.2. The van der Waals surface area contributed by atoms with Crippen molar-refractivity contribution in [2.45, 2.75) is 26.4 Å². The van der Waals surface area contributed by atoms with Crippen molar-refractivity contribution in [3.63, 3.8) is 0 Å². The van der Waals surface area contributed by atoms with Gasteiger partial charge >= 0.3 is 0 Å². The molecule has 5 heteroatoms.